The second-order valence-corrected chi connectivity index (χ2v) is 5.63. The number of urea groups is 1. The van der Waals surface area contributed by atoms with Crippen molar-refractivity contribution >= 4 is 23.3 Å². The van der Waals surface area contributed by atoms with E-state index in [-0.39, 0.29) is 17.8 Å². The molecule has 0 saturated carbocycles. The topological polar surface area (TPSA) is 61.4 Å². The third-order valence-electron chi connectivity index (χ3n) is 3.88. The van der Waals surface area contributed by atoms with Crippen LogP contribution in [-0.2, 0) is 11.3 Å². The maximum Gasteiger partial charge on any atom is 0.319 e. The molecule has 0 atom stereocenters. The van der Waals surface area contributed by atoms with Crippen molar-refractivity contribution in [2.75, 3.05) is 16.8 Å². The molecule has 5 nitrogen and oxygen atoms in total. The summed E-state index contributed by atoms with van der Waals surface area (Å²) < 4.78 is 12.8. The first-order valence-corrected chi connectivity index (χ1v) is 7.81. The van der Waals surface area contributed by atoms with Gasteiger partial charge in [-0.1, -0.05) is 12.1 Å². The Morgan fingerprint density at radius 1 is 1.08 bits per heavy atom. The lowest BCUT2D eigenvalue weighted by molar-refractivity contribution is -0.117. The van der Waals surface area contributed by atoms with Crippen molar-refractivity contribution in [2.24, 2.45) is 0 Å². The summed E-state index contributed by atoms with van der Waals surface area (Å²) in [5, 5.41) is 5.43. The zero-order valence-electron chi connectivity index (χ0n) is 13.1. The van der Waals surface area contributed by atoms with Crippen molar-refractivity contribution in [2.45, 2.75) is 19.4 Å². The molecule has 6 heteroatoms. The minimum Gasteiger partial charge on any atom is -0.334 e. The lowest BCUT2D eigenvalue weighted by Crippen LogP contribution is -2.28. The van der Waals surface area contributed by atoms with Gasteiger partial charge in [0, 0.05) is 30.9 Å². The normalized spacial score (nSPS) is 13.9. The molecule has 3 amide bonds. The molecule has 0 unspecified atom stereocenters. The van der Waals surface area contributed by atoms with Gasteiger partial charge in [-0.05, 0) is 48.4 Å². The average molecular weight is 327 g/mol. The summed E-state index contributed by atoms with van der Waals surface area (Å²) in [6.07, 6.45) is 1.47. The van der Waals surface area contributed by atoms with Gasteiger partial charge >= 0.3 is 6.03 Å². The molecular weight excluding hydrogens is 309 g/mol. The minimum absolute atomic E-state index is 0.132. The van der Waals surface area contributed by atoms with E-state index >= 15 is 0 Å². The zero-order chi connectivity index (χ0) is 16.9. The number of amides is 3. The largest absolute Gasteiger partial charge is 0.334 e. The number of carbonyl (C=O) groups is 2. The molecule has 1 fully saturated rings. The Labute approximate surface area is 139 Å². The van der Waals surface area contributed by atoms with Gasteiger partial charge in [0.15, 0.2) is 0 Å². The Bertz CT molecular complexity index is 729. The number of nitrogens with one attached hydrogen (secondary N) is 2. The molecule has 3 rings (SSSR count). The Balaban J connectivity index is 1.52. The minimum atomic E-state index is -0.343. The van der Waals surface area contributed by atoms with Crippen LogP contribution in [0, 0.1) is 5.82 Å². The number of benzene rings is 2. The van der Waals surface area contributed by atoms with Crippen molar-refractivity contribution in [3.63, 3.8) is 0 Å². The second-order valence-electron chi connectivity index (χ2n) is 5.63. The molecule has 1 aliphatic rings. The number of nitrogens with zero attached hydrogens (tertiary/aromatic N) is 1. The van der Waals surface area contributed by atoms with Gasteiger partial charge in [0.25, 0.3) is 0 Å². The molecule has 0 aliphatic carbocycles. The highest BCUT2D eigenvalue weighted by molar-refractivity contribution is 5.96. The highest BCUT2D eigenvalue weighted by Gasteiger charge is 2.21. The van der Waals surface area contributed by atoms with E-state index in [1.807, 2.05) is 12.1 Å². The van der Waals surface area contributed by atoms with E-state index in [4.69, 9.17) is 0 Å². The first-order valence-electron chi connectivity index (χ1n) is 7.81. The molecule has 124 valence electrons. The van der Waals surface area contributed by atoms with Crippen LogP contribution < -0.4 is 15.5 Å². The Hall–Kier alpha value is -2.89. The maximum absolute atomic E-state index is 12.8. The molecule has 1 heterocycles. The van der Waals surface area contributed by atoms with Gasteiger partial charge in [-0.25, -0.2) is 9.18 Å². The molecule has 2 aromatic carbocycles. The summed E-state index contributed by atoms with van der Waals surface area (Å²) in [4.78, 5) is 25.3. The van der Waals surface area contributed by atoms with Gasteiger partial charge in [-0.3, -0.25) is 4.79 Å². The fourth-order valence-corrected chi connectivity index (χ4v) is 2.61. The fourth-order valence-electron chi connectivity index (χ4n) is 2.61. The quantitative estimate of drug-likeness (QED) is 0.905. The van der Waals surface area contributed by atoms with E-state index in [1.54, 1.807) is 29.2 Å². The first kappa shape index (κ1) is 16.0. The number of hydrogen-bond acceptors (Lipinski definition) is 2. The van der Waals surface area contributed by atoms with Crippen molar-refractivity contribution in [1.82, 2.24) is 5.32 Å². The summed E-state index contributed by atoms with van der Waals surface area (Å²) in [6.45, 7) is 1.05. The van der Waals surface area contributed by atoms with Crippen LogP contribution in [0.2, 0.25) is 0 Å². The van der Waals surface area contributed by atoms with Crippen molar-refractivity contribution in [1.29, 1.82) is 0 Å². The van der Waals surface area contributed by atoms with Crippen molar-refractivity contribution in [3.8, 4) is 0 Å². The summed E-state index contributed by atoms with van der Waals surface area (Å²) in [6, 6.07) is 12.8. The predicted octanol–water partition coefficient (Wildman–Crippen LogP) is 3.27. The zero-order valence-corrected chi connectivity index (χ0v) is 13.1. The highest BCUT2D eigenvalue weighted by atomic mass is 19.1. The van der Waals surface area contributed by atoms with E-state index in [1.165, 1.54) is 12.1 Å². The van der Waals surface area contributed by atoms with Crippen LogP contribution in [-0.4, -0.2) is 18.5 Å². The number of rotatable bonds is 4. The predicted molar refractivity (Wildman–Crippen MR) is 90.3 cm³/mol. The van der Waals surface area contributed by atoms with Crippen molar-refractivity contribution < 1.29 is 14.0 Å². The summed E-state index contributed by atoms with van der Waals surface area (Å²) >= 11 is 0. The van der Waals surface area contributed by atoms with Gasteiger partial charge in [-0.2, -0.15) is 0 Å². The van der Waals surface area contributed by atoms with Gasteiger partial charge in [0.1, 0.15) is 5.82 Å². The van der Waals surface area contributed by atoms with Crippen LogP contribution in [0.3, 0.4) is 0 Å². The van der Waals surface area contributed by atoms with Gasteiger partial charge in [0.2, 0.25) is 5.91 Å². The monoisotopic (exact) mass is 327 g/mol. The van der Waals surface area contributed by atoms with E-state index in [2.05, 4.69) is 10.6 Å². The number of anilines is 2. The van der Waals surface area contributed by atoms with E-state index in [9.17, 15) is 14.0 Å². The maximum atomic E-state index is 12.8. The molecule has 1 aliphatic heterocycles. The van der Waals surface area contributed by atoms with Crippen LogP contribution in [0.15, 0.2) is 48.5 Å². The number of carbonyl (C=O) groups excluding carboxylic acids is 2. The molecule has 0 spiro atoms. The van der Waals surface area contributed by atoms with Crippen LogP contribution in [0.5, 0.6) is 0 Å². The standard InChI is InChI=1S/C18H18FN3O2/c19-14-5-3-13(4-6-14)12-20-18(24)21-15-7-9-16(10-8-15)22-11-1-2-17(22)23/h3-10H,1-2,11-12H2,(H2,20,21,24). The average Bonchev–Trinajstić information content (AvgIpc) is 3.01. The molecule has 24 heavy (non-hydrogen) atoms. The van der Waals surface area contributed by atoms with Crippen LogP contribution in [0.1, 0.15) is 18.4 Å². The summed E-state index contributed by atoms with van der Waals surface area (Å²) in [5.41, 5.74) is 2.30. The van der Waals surface area contributed by atoms with Gasteiger partial charge in [0.05, 0.1) is 0 Å². The molecule has 0 bridgehead atoms. The van der Waals surface area contributed by atoms with E-state index < -0.39 is 0 Å². The van der Waals surface area contributed by atoms with E-state index in [0.717, 1.165) is 24.2 Å². The van der Waals surface area contributed by atoms with Gasteiger partial charge < -0.3 is 15.5 Å². The number of halogens is 1. The summed E-state index contributed by atoms with van der Waals surface area (Å²) in [7, 11) is 0. The van der Waals surface area contributed by atoms with Crippen LogP contribution in [0.25, 0.3) is 0 Å². The van der Waals surface area contributed by atoms with Crippen LogP contribution in [0.4, 0.5) is 20.6 Å². The molecule has 0 aromatic heterocycles. The fraction of sp³-hybridized carbons (Fsp3) is 0.222. The van der Waals surface area contributed by atoms with Crippen molar-refractivity contribution in [3.05, 3.63) is 59.9 Å². The Morgan fingerprint density at radius 3 is 2.42 bits per heavy atom. The van der Waals surface area contributed by atoms with Gasteiger partial charge in [-0.15, -0.1) is 0 Å². The molecule has 1 saturated heterocycles. The third-order valence-corrected chi connectivity index (χ3v) is 3.88. The number of hydrogen-bond donors (Lipinski definition) is 2. The smallest absolute Gasteiger partial charge is 0.319 e. The third kappa shape index (κ3) is 3.90. The van der Waals surface area contributed by atoms with E-state index in [0.29, 0.717) is 18.7 Å². The SMILES string of the molecule is O=C(NCc1ccc(F)cc1)Nc1ccc(N2CCCC2=O)cc1. The first-order chi connectivity index (χ1) is 11.6. The molecular formula is C18H18FN3O2. The highest BCUT2D eigenvalue weighted by Crippen LogP contribution is 2.22. The lowest BCUT2D eigenvalue weighted by atomic mass is 10.2. The lowest BCUT2D eigenvalue weighted by Gasteiger charge is -2.16. The molecule has 2 aromatic rings. The van der Waals surface area contributed by atoms with Crippen LogP contribution >= 0.6 is 0 Å². The molecule has 2 N–H and O–H groups in total. The second kappa shape index (κ2) is 7.12. The Morgan fingerprint density at radius 2 is 1.79 bits per heavy atom. The molecule has 0 radical (unpaired) electrons. The Kier molecular flexibility index (Phi) is 4.74. The summed E-state index contributed by atoms with van der Waals surface area (Å²) in [5.74, 6) is -0.174.